The summed E-state index contributed by atoms with van der Waals surface area (Å²) in [6.45, 7) is 10.3. The highest BCUT2D eigenvalue weighted by Gasteiger charge is 2.37. The topological polar surface area (TPSA) is 24.9 Å². The Morgan fingerprint density at radius 3 is 3.00 bits per heavy atom. The predicted molar refractivity (Wildman–Crippen MR) is 76.8 cm³/mol. The van der Waals surface area contributed by atoms with Crippen LogP contribution in [0.15, 0.2) is 18.3 Å². The van der Waals surface area contributed by atoms with Gasteiger partial charge in [-0.2, -0.15) is 0 Å². The molecule has 2 atom stereocenters. The van der Waals surface area contributed by atoms with Crippen molar-refractivity contribution in [1.82, 2.24) is 10.3 Å². The molecule has 0 saturated heterocycles. The molecule has 0 spiro atoms. The minimum Gasteiger partial charge on any atom is -0.315 e. The first kappa shape index (κ1) is 13.5. The van der Waals surface area contributed by atoms with E-state index in [4.69, 9.17) is 0 Å². The summed E-state index contributed by atoms with van der Waals surface area (Å²) in [6, 6.07) is 4.89. The third-order valence-corrected chi connectivity index (χ3v) is 4.29. The zero-order chi connectivity index (χ0) is 13.2. The van der Waals surface area contributed by atoms with Crippen molar-refractivity contribution in [2.45, 2.75) is 58.9 Å². The van der Waals surface area contributed by atoms with Gasteiger partial charge in [-0.15, -0.1) is 0 Å². The van der Waals surface area contributed by atoms with Crippen molar-refractivity contribution in [3.63, 3.8) is 0 Å². The molecule has 1 aromatic heterocycles. The van der Waals surface area contributed by atoms with E-state index >= 15 is 0 Å². The lowest BCUT2D eigenvalue weighted by Crippen LogP contribution is -2.33. The molecular weight excluding hydrogens is 220 g/mol. The van der Waals surface area contributed by atoms with Crippen molar-refractivity contribution in [3.05, 3.63) is 29.6 Å². The second-order valence-corrected chi connectivity index (χ2v) is 6.29. The summed E-state index contributed by atoms with van der Waals surface area (Å²) in [7, 11) is 0. The van der Waals surface area contributed by atoms with Gasteiger partial charge >= 0.3 is 0 Å². The molecule has 1 heterocycles. The number of nitrogens with zero attached hydrogens (tertiary/aromatic N) is 1. The van der Waals surface area contributed by atoms with Gasteiger partial charge < -0.3 is 5.32 Å². The minimum absolute atomic E-state index is 0.321. The summed E-state index contributed by atoms with van der Waals surface area (Å²) in [4.78, 5) is 4.64. The van der Waals surface area contributed by atoms with Gasteiger partial charge in [-0.3, -0.25) is 4.98 Å². The molecule has 0 saturated carbocycles. The molecule has 1 aliphatic carbocycles. The molecule has 0 aliphatic heterocycles. The smallest absolute Gasteiger partial charge is 0.0471 e. The lowest BCUT2D eigenvalue weighted by molar-refractivity contribution is 0.229. The maximum absolute atomic E-state index is 4.64. The van der Waals surface area contributed by atoms with Crippen LogP contribution in [0.5, 0.6) is 0 Å². The SMILES string of the molecule is CCNC(C)CC(C)(C)C1CCc2cccnc21. The fraction of sp³-hybridized carbons (Fsp3) is 0.688. The van der Waals surface area contributed by atoms with Crippen LogP contribution < -0.4 is 5.32 Å². The molecule has 100 valence electrons. The molecule has 2 heteroatoms. The third-order valence-electron chi connectivity index (χ3n) is 4.29. The number of rotatable bonds is 5. The zero-order valence-corrected chi connectivity index (χ0v) is 12.2. The number of aromatic nitrogens is 1. The average Bonchev–Trinajstić information content (AvgIpc) is 2.72. The third kappa shape index (κ3) is 2.74. The minimum atomic E-state index is 0.321. The van der Waals surface area contributed by atoms with Crippen LogP contribution in [0.1, 0.15) is 57.7 Å². The van der Waals surface area contributed by atoms with E-state index in [1.165, 1.54) is 30.5 Å². The van der Waals surface area contributed by atoms with Crippen molar-refractivity contribution in [2.75, 3.05) is 6.54 Å². The van der Waals surface area contributed by atoms with E-state index < -0.39 is 0 Å². The Kier molecular flexibility index (Phi) is 4.06. The Morgan fingerprint density at radius 1 is 1.50 bits per heavy atom. The van der Waals surface area contributed by atoms with E-state index in [-0.39, 0.29) is 0 Å². The van der Waals surface area contributed by atoms with E-state index in [9.17, 15) is 0 Å². The second kappa shape index (κ2) is 5.40. The van der Waals surface area contributed by atoms with Crippen LogP contribution in [-0.2, 0) is 6.42 Å². The largest absolute Gasteiger partial charge is 0.315 e. The highest BCUT2D eigenvalue weighted by Crippen LogP contribution is 2.46. The van der Waals surface area contributed by atoms with Crippen LogP contribution >= 0.6 is 0 Å². The van der Waals surface area contributed by atoms with Gasteiger partial charge in [0, 0.05) is 23.9 Å². The Labute approximate surface area is 111 Å². The van der Waals surface area contributed by atoms with Gasteiger partial charge in [0.2, 0.25) is 0 Å². The van der Waals surface area contributed by atoms with Crippen LogP contribution in [0, 0.1) is 5.41 Å². The number of aryl methyl sites for hydroxylation is 1. The molecule has 0 aromatic carbocycles. The molecule has 1 aliphatic rings. The standard InChI is InChI=1S/C16H26N2/c1-5-17-12(2)11-16(3,4)14-9-8-13-7-6-10-18-15(13)14/h6-7,10,12,14,17H,5,8-9,11H2,1-4H3. The summed E-state index contributed by atoms with van der Waals surface area (Å²) < 4.78 is 0. The van der Waals surface area contributed by atoms with E-state index in [0.29, 0.717) is 17.4 Å². The van der Waals surface area contributed by atoms with Crippen molar-refractivity contribution < 1.29 is 0 Å². The lowest BCUT2D eigenvalue weighted by Gasteiger charge is -2.34. The molecule has 1 N–H and O–H groups in total. The normalized spacial score (nSPS) is 20.8. The predicted octanol–water partition coefficient (Wildman–Crippen LogP) is 3.53. The molecule has 0 amide bonds. The fourth-order valence-electron chi connectivity index (χ4n) is 3.53. The molecule has 0 bridgehead atoms. The number of nitrogens with one attached hydrogen (secondary N) is 1. The maximum Gasteiger partial charge on any atom is 0.0471 e. The summed E-state index contributed by atoms with van der Waals surface area (Å²) in [6.07, 6.45) is 5.62. The monoisotopic (exact) mass is 246 g/mol. The van der Waals surface area contributed by atoms with Crippen molar-refractivity contribution in [1.29, 1.82) is 0 Å². The van der Waals surface area contributed by atoms with Crippen LogP contribution in [0.4, 0.5) is 0 Å². The van der Waals surface area contributed by atoms with Crippen molar-refractivity contribution >= 4 is 0 Å². The number of hydrogen-bond acceptors (Lipinski definition) is 2. The Hall–Kier alpha value is -0.890. The molecule has 1 aromatic rings. The summed E-state index contributed by atoms with van der Waals surface area (Å²) in [5, 5.41) is 3.53. The highest BCUT2D eigenvalue weighted by molar-refractivity contribution is 5.30. The summed E-state index contributed by atoms with van der Waals surface area (Å²) >= 11 is 0. The van der Waals surface area contributed by atoms with E-state index in [1.807, 2.05) is 6.20 Å². The summed E-state index contributed by atoms with van der Waals surface area (Å²) in [5.74, 6) is 0.620. The quantitative estimate of drug-likeness (QED) is 0.859. The zero-order valence-electron chi connectivity index (χ0n) is 12.2. The highest BCUT2D eigenvalue weighted by atomic mass is 14.9. The van der Waals surface area contributed by atoms with Gasteiger partial charge in [-0.05, 0) is 49.8 Å². The molecule has 2 nitrogen and oxygen atoms in total. The van der Waals surface area contributed by atoms with Crippen LogP contribution in [0.2, 0.25) is 0 Å². The molecule has 2 rings (SSSR count). The van der Waals surface area contributed by atoms with Gasteiger partial charge in [0.25, 0.3) is 0 Å². The first-order chi connectivity index (χ1) is 8.54. The van der Waals surface area contributed by atoms with Crippen LogP contribution in [-0.4, -0.2) is 17.6 Å². The summed E-state index contributed by atoms with van der Waals surface area (Å²) in [5.41, 5.74) is 3.14. The van der Waals surface area contributed by atoms with Gasteiger partial charge in [-0.1, -0.05) is 26.8 Å². The van der Waals surface area contributed by atoms with Crippen molar-refractivity contribution in [2.24, 2.45) is 5.41 Å². The molecule has 0 radical (unpaired) electrons. The molecule has 0 fully saturated rings. The Balaban J connectivity index is 2.12. The first-order valence-corrected chi connectivity index (χ1v) is 7.21. The number of hydrogen-bond donors (Lipinski definition) is 1. The van der Waals surface area contributed by atoms with Crippen molar-refractivity contribution in [3.8, 4) is 0 Å². The average molecular weight is 246 g/mol. The van der Waals surface area contributed by atoms with Gasteiger partial charge in [0.15, 0.2) is 0 Å². The van der Waals surface area contributed by atoms with E-state index in [2.05, 4.69) is 50.1 Å². The second-order valence-electron chi connectivity index (χ2n) is 6.29. The number of fused-ring (bicyclic) bond motifs is 1. The van der Waals surface area contributed by atoms with E-state index in [1.54, 1.807) is 0 Å². The Morgan fingerprint density at radius 2 is 2.28 bits per heavy atom. The van der Waals surface area contributed by atoms with Gasteiger partial charge in [-0.25, -0.2) is 0 Å². The maximum atomic E-state index is 4.64. The Bertz CT molecular complexity index is 398. The lowest BCUT2D eigenvalue weighted by atomic mass is 9.73. The fourth-order valence-corrected chi connectivity index (χ4v) is 3.53. The first-order valence-electron chi connectivity index (χ1n) is 7.21. The van der Waals surface area contributed by atoms with Crippen LogP contribution in [0.25, 0.3) is 0 Å². The molecule has 18 heavy (non-hydrogen) atoms. The van der Waals surface area contributed by atoms with E-state index in [0.717, 1.165) is 6.54 Å². The molecule has 2 unspecified atom stereocenters. The molecular formula is C16H26N2. The van der Waals surface area contributed by atoms with Gasteiger partial charge in [0.05, 0.1) is 0 Å². The van der Waals surface area contributed by atoms with Crippen LogP contribution in [0.3, 0.4) is 0 Å². The number of pyridine rings is 1. The van der Waals surface area contributed by atoms with Gasteiger partial charge in [0.1, 0.15) is 0 Å².